The van der Waals surface area contributed by atoms with Gasteiger partial charge in [-0.05, 0) is 38.5 Å². The van der Waals surface area contributed by atoms with E-state index in [9.17, 15) is 13.2 Å². The number of hydrogen-bond donors (Lipinski definition) is 2. The molecule has 7 heteroatoms. The van der Waals surface area contributed by atoms with Crippen molar-refractivity contribution in [1.29, 1.82) is 5.26 Å². The third-order valence-electron chi connectivity index (χ3n) is 3.37. The van der Waals surface area contributed by atoms with Gasteiger partial charge in [0, 0.05) is 12.5 Å². The summed E-state index contributed by atoms with van der Waals surface area (Å²) in [5.74, 6) is -1.10. The van der Waals surface area contributed by atoms with Crippen LogP contribution in [-0.2, 0) is 14.8 Å². The summed E-state index contributed by atoms with van der Waals surface area (Å²) in [5.41, 5.74) is 0. The molecule has 0 spiro atoms. The van der Waals surface area contributed by atoms with E-state index in [4.69, 9.17) is 10.4 Å². The van der Waals surface area contributed by atoms with E-state index in [-0.39, 0.29) is 17.7 Å². The van der Waals surface area contributed by atoms with Gasteiger partial charge in [-0.25, -0.2) is 13.1 Å². The fourth-order valence-corrected chi connectivity index (χ4v) is 3.71. The Bertz CT molecular complexity index is 433. The molecule has 0 radical (unpaired) electrons. The Morgan fingerprint density at radius 1 is 1.26 bits per heavy atom. The summed E-state index contributed by atoms with van der Waals surface area (Å²) in [4.78, 5) is 10.8. The summed E-state index contributed by atoms with van der Waals surface area (Å²) in [6.07, 6.45) is 3.65. The van der Waals surface area contributed by atoms with Crippen LogP contribution in [0.5, 0.6) is 0 Å². The SMILES string of the molecule is N#CCCCCS(=O)(=O)NC1CCC(C(=O)O)CC1. The summed E-state index contributed by atoms with van der Waals surface area (Å²) in [6, 6.07) is 1.84. The summed E-state index contributed by atoms with van der Waals surface area (Å²) >= 11 is 0. The zero-order valence-corrected chi connectivity index (χ0v) is 11.7. The van der Waals surface area contributed by atoms with Crippen LogP contribution in [-0.4, -0.2) is 31.3 Å². The summed E-state index contributed by atoms with van der Waals surface area (Å²) in [5, 5.41) is 17.2. The fourth-order valence-electron chi connectivity index (χ4n) is 2.27. The number of carbonyl (C=O) groups is 1. The third-order valence-corrected chi connectivity index (χ3v) is 4.89. The normalized spacial score (nSPS) is 23.7. The quantitative estimate of drug-likeness (QED) is 0.685. The predicted molar refractivity (Wildman–Crippen MR) is 69.8 cm³/mol. The Labute approximate surface area is 113 Å². The van der Waals surface area contributed by atoms with Gasteiger partial charge in [0.15, 0.2) is 0 Å². The van der Waals surface area contributed by atoms with Crippen molar-refractivity contribution in [2.45, 2.75) is 51.0 Å². The van der Waals surface area contributed by atoms with Crippen LogP contribution in [0.15, 0.2) is 0 Å². The first-order valence-electron chi connectivity index (χ1n) is 6.54. The topological polar surface area (TPSA) is 107 Å². The maximum Gasteiger partial charge on any atom is 0.306 e. The molecule has 1 fully saturated rings. The lowest BCUT2D eigenvalue weighted by molar-refractivity contribution is -0.142. The number of sulfonamides is 1. The molecule has 1 saturated carbocycles. The van der Waals surface area contributed by atoms with Gasteiger partial charge >= 0.3 is 5.97 Å². The van der Waals surface area contributed by atoms with Crippen LogP contribution in [0.25, 0.3) is 0 Å². The molecule has 0 aliphatic heterocycles. The van der Waals surface area contributed by atoms with E-state index in [0.717, 1.165) is 0 Å². The highest BCUT2D eigenvalue weighted by Gasteiger charge is 2.27. The van der Waals surface area contributed by atoms with Crippen LogP contribution in [0.4, 0.5) is 0 Å². The van der Waals surface area contributed by atoms with Gasteiger partial charge in [0.1, 0.15) is 0 Å². The lowest BCUT2D eigenvalue weighted by atomic mass is 9.87. The van der Waals surface area contributed by atoms with Crippen molar-refractivity contribution >= 4 is 16.0 Å². The van der Waals surface area contributed by atoms with Crippen molar-refractivity contribution in [3.8, 4) is 6.07 Å². The largest absolute Gasteiger partial charge is 0.481 e. The molecule has 0 aromatic heterocycles. The van der Waals surface area contributed by atoms with Gasteiger partial charge in [-0.2, -0.15) is 5.26 Å². The molecule has 1 aliphatic rings. The lowest BCUT2D eigenvalue weighted by Crippen LogP contribution is -2.39. The van der Waals surface area contributed by atoms with Crippen LogP contribution >= 0.6 is 0 Å². The molecule has 0 heterocycles. The van der Waals surface area contributed by atoms with Crippen LogP contribution in [0, 0.1) is 17.2 Å². The van der Waals surface area contributed by atoms with Crippen molar-refractivity contribution in [2.75, 3.05) is 5.75 Å². The highest BCUT2D eigenvalue weighted by atomic mass is 32.2. The number of rotatable bonds is 7. The number of aliphatic carboxylic acids is 1. The first kappa shape index (κ1) is 15.9. The zero-order valence-electron chi connectivity index (χ0n) is 10.8. The Hall–Kier alpha value is -1.13. The Balaban J connectivity index is 2.31. The summed E-state index contributed by atoms with van der Waals surface area (Å²) in [7, 11) is -3.31. The van der Waals surface area contributed by atoms with Crippen molar-refractivity contribution in [3.63, 3.8) is 0 Å². The van der Waals surface area contributed by atoms with Gasteiger partial charge < -0.3 is 5.11 Å². The molecule has 0 unspecified atom stereocenters. The second-order valence-electron chi connectivity index (χ2n) is 4.94. The molecule has 19 heavy (non-hydrogen) atoms. The second kappa shape index (κ2) is 7.46. The minimum Gasteiger partial charge on any atom is -0.481 e. The van der Waals surface area contributed by atoms with E-state index in [2.05, 4.69) is 4.72 Å². The molecule has 0 aromatic carbocycles. The van der Waals surface area contributed by atoms with Gasteiger partial charge in [0.2, 0.25) is 10.0 Å². The van der Waals surface area contributed by atoms with E-state index >= 15 is 0 Å². The number of nitrogens with zero attached hydrogens (tertiary/aromatic N) is 1. The first-order chi connectivity index (χ1) is 8.94. The third kappa shape index (κ3) is 6.03. The molecule has 6 nitrogen and oxygen atoms in total. The molecular weight excluding hydrogens is 268 g/mol. The van der Waals surface area contributed by atoms with E-state index in [1.807, 2.05) is 6.07 Å². The van der Waals surface area contributed by atoms with Crippen molar-refractivity contribution in [3.05, 3.63) is 0 Å². The zero-order chi connectivity index (χ0) is 14.3. The van der Waals surface area contributed by atoms with Crippen LogP contribution in [0.2, 0.25) is 0 Å². The van der Waals surface area contributed by atoms with Gasteiger partial charge in [0.05, 0.1) is 17.7 Å². The van der Waals surface area contributed by atoms with Crippen molar-refractivity contribution < 1.29 is 18.3 Å². The summed E-state index contributed by atoms with van der Waals surface area (Å²) in [6.45, 7) is 0. The highest BCUT2D eigenvalue weighted by molar-refractivity contribution is 7.89. The van der Waals surface area contributed by atoms with Gasteiger partial charge in [-0.3, -0.25) is 4.79 Å². The van der Waals surface area contributed by atoms with Crippen LogP contribution in [0.1, 0.15) is 44.9 Å². The lowest BCUT2D eigenvalue weighted by Gasteiger charge is -2.26. The van der Waals surface area contributed by atoms with Crippen LogP contribution in [0.3, 0.4) is 0 Å². The second-order valence-corrected chi connectivity index (χ2v) is 6.81. The van der Waals surface area contributed by atoms with Gasteiger partial charge in [-0.15, -0.1) is 0 Å². The van der Waals surface area contributed by atoms with Gasteiger partial charge in [0.25, 0.3) is 0 Å². The van der Waals surface area contributed by atoms with E-state index in [1.165, 1.54) is 0 Å². The molecule has 0 atom stereocenters. The Morgan fingerprint density at radius 3 is 2.42 bits per heavy atom. The molecule has 0 amide bonds. The minimum atomic E-state index is -3.31. The highest BCUT2D eigenvalue weighted by Crippen LogP contribution is 2.24. The van der Waals surface area contributed by atoms with Crippen molar-refractivity contribution in [2.24, 2.45) is 5.92 Å². The van der Waals surface area contributed by atoms with Crippen molar-refractivity contribution in [1.82, 2.24) is 4.72 Å². The van der Waals surface area contributed by atoms with E-state index in [0.29, 0.717) is 44.9 Å². The van der Waals surface area contributed by atoms with E-state index < -0.39 is 16.0 Å². The molecule has 108 valence electrons. The molecule has 1 rings (SSSR count). The maximum absolute atomic E-state index is 11.8. The average molecular weight is 288 g/mol. The first-order valence-corrected chi connectivity index (χ1v) is 8.19. The molecule has 2 N–H and O–H groups in total. The standard InChI is InChI=1S/C12H20N2O4S/c13-8-2-1-3-9-19(17,18)14-11-6-4-10(5-7-11)12(15)16/h10-11,14H,1-7,9H2,(H,15,16). The maximum atomic E-state index is 11.8. The predicted octanol–water partition coefficient (Wildman–Crippen LogP) is 1.24. The Morgan fingerprint density at radius 2 is 1.89 bits per heavy atom. The number of nitriles is 1. The average Bonchev–Trinajstić information content (AvgIpc) is 2.35. The smallest absolute Gasteiger partial charge is 0.306 e. The van der Waals surface area contributed by atoms with E-state index in [1.54, 1.807) is 0 Å². The molecular formula is C12H20N2O4S. The minimum absolute atomic E-state index is 0.0353. The Kier molecular flexibility index (Phi) is 6.25. The number of hydrogen-bond acceptors (Lipinski definition) is 4. The molecule has 1 aliphatic carbocycles. The number of carboxylic acid groups (broad SMARTS) is 1. The fraction of sp³-hybridized carbons (Fsp3) is 0.833. The number of unbranched alkanes of at least 4 members (excludes halogenated alkanes) is 2. The van der Waals surface area contributed by atoms with Gasteiger partial charge in [-0.1, -0.05) is 0 Å². The summed E-state index contributed by atoms with van der Waals surface area (Å²) < 4.78 is 26.2. The molecule has 0 saturated heterocycles. The number of carboxylic acids is 1. The molecule has 0 aromatic rings. The monoisotopic (exact) mass is 288 g/mol. The number of nitrogens with one attached hydrogen (secondary N) is 1. The van der Waals surface area contributed by atoms with Crippen LogP contribution < -0.4 is 4.72 Å². The molecule has 0 bridgehead atoms.